The van der Waals surface area contributed by atoms with E-state index in [1.54, 1.807) is 4.90 Å². The van der Waals surface area contributed by atoms with Crippen molar-refractivity contribution >= 4 is 6.09 Å². The van der Waals surface area contributed by atoms with Crippen LogP contribution in [0.15, 0.2) is 0 Å². The van der Waals surface area contributed by atoms with Gasteiger partial charge in [0.05, 0.1) is 6.04 Å². The maximum atomic E-state index is 12.0. The molecule has 1 amide bonds. The normalized spacial score (nSPS) is 22.2. The summed E-state index contributed by atoms with van der Waals surface area (Å²) in [5, 5.41) is 3.33. The van der Waals surface area contributed by atoms with E-state index in [1.807, 2.05) is 27.7 Å². The molecule has 2 unspecified atom stereocenters. The molecule has 102 valence electrons. The van der Waals surface area contributed by atoms with Crippen LogP contribution in [0.25, 0.3) is 0 Å². The number of carbonyl (C=O) groups is 1. The second-order valence-corrected chi connectivity index (χ2v) is 5.82. The van der Waals surface area contributed by atoms with Crippen LogP contribution in [0.5, 0.6) is 0 Å². The number of amides is 1. The van der Waals surface area contributed by atoms with Crippen LogP contribution in [0.1, 0.15) is 40.5 Å². The second kappa shape index (κ2) is 6.10. The summed E-state index contributed by atoms with van der Waals surface area (Å²) in [6.45, 7) is 9.02. The first-order chi connectivity index (χ1) is 8.31. The number of terminal acetylenes is 1. The maximum absolute atomic E-state index is 12.0. The summed E-state index contributed by atoms with van der Waals surface area (Å²) in [5.41, 5.74) is -0.441. The third-order valence-electron chi connectivity index (χ3n) is 2.81. The van der Waals surface area contributed by atoms with Crippen molar-refractivity contribution in [1.82, 2.24) is 10.2 Å². The van der Waals surface area contributed by atoms with Crippen molar-refractivity contribution in [2.24, 2.45) is 0 Å². The van der Waals surface area contributed by atoms with E-state index in [2.05, 4.69) is 11.2 Å². The molecule has 1 heterocycles. The van der Waals surface area contributed by atoms with Crippen molar-refractivity contribution in [3.8, 4) is 12.3 Å². The van der Waals surface area contributed by atoms with Gasteiger partial charge in [-0.2, -0.15) is 0 Å². The Morgan fingerprint density at radius 1 is 1.56 bits per heavy atom. The quantitative estimate of drug-likeness (QED) is 0.764. The van der Waals surface area contributed by atoms with Gasteiger partial charge in [0.2, 0.25) is 0 Å². The minimum Gasteiger partial charge on any atom is -0.444 e. The highest BCUT2D eigenvalue weighted by molar-refractivity contribution is 5.68. The Kier molecular flexibility index (Phi) is 5.03. The minimum atomic E-state index is -0.441. The summed E-state index contributed by atoms with van der Waals surface area (Å²) in [5.74, 6) is 2.65. The predicted molar refractivity (Wildman–Crippen MR) is 72.3 cm³/mol. The number of rotatable bonds is 2. The van der Waals surface area contributed by atoms with Crippen LogP contribution in [-0.2, 0) is 4.74 Å². The fraction of sp³-hybridized carbons (Fsp3) is 0.786. The van der Waals surface area contributed by atoms with Gasteiger partial charge in [-0.1, -0.05) is 5.92 Å². The van der Waals surface area contributed by atoms with Gasteiger partial charge in [0.1, 0.15) is 5.60 Å². The van der Waals surface area contributed by atoms with Gasteiger partial charge in [0.15, 0.2) is 0 Å². The van der Waals surface area contributed by atoms with Crippen LogP contribution in [-0.4, -0.2) is 41.8 Å². The molecule has 1 aliphatic rings. The Morgan fingerprint density at radius 3 is 2.78 bits per heavy atom. The molecule has 4 heteroatoms. The molecule has 0 saturated carbocycles. The van der Waals surface area contributed by atoms with Crippen LogP contribution >= 0.6 is 0 Å². The first-order valence-corrected chi connectivity index (χ1v) is 6.52. The van der Waals surface area contributed by atoms with E-state index in [-0.39, 0.29) is 18.2 Å². The zero-order valence-electron chi connectivity index (χ0n) is 11.8. The van der Waals surface area contributed by atoms with E-state index in [9.17, 15) is 4.79 Å². The van der Waals surface area contributed by atoms with Crippen LogP contribution in [0.4, 0.5) is 4.79 Å². The highest BCUT2D eigenvalue weighted by atomic mass is 16.6. The number of piperidine rings is 1. The summed E-state index contributed by atoms with van der Waals surface area (Å²) in [6.07, 6.45) is 7.14. The largest absolute Gasteiger partial charge is 0.444 e. The predicted octanol–water partition coefficient (Wildman–Crippen LogP) is 2.00. The molecule has 1 fully saturated rings. The Bertz CT molecular complexity index is 328. The average molecular weight is 252 g/mol. The van der Waals surface area contributed by atoms with Gasteiger partial charge in [-0.3, -0.25) is 5.32 Å². The number of ether oxygens (including phenoxy) is 1. The topological polar surface area (TPSA) is 41.6 Å². The van der Waals surface area contributed by atoms with Crippen LogP contribution in [0.2, 0.25) is 0 Å². The fourth-order valence-corrected chi connectivity index (χ4v) is 2.01. The van der Waals surface area contributed by atoms with Gasteiger partial charge in [-0.15, -0.1) is 6.42 Å². The van der Waals surface area contributed by atoms with Crippen molar-refractivity contribution in [2.45, 2.75) is 58.2 Å². The molecule has 2 atom stereocenters. The molecule has 0 spiro atoms. The van der Waals surface area contributed by atoms with Crippen molar-refractivity contribution in [3.63, 3.8) is 0 Å². The lowest BCUT2D eigenvalue weighted by Gasteiger charge is -2.35. The lowest BCUT2D eigenvalue weighted by molar-refractivity contribution is 0.0186. The Morgan fingerprint density at radius 2 is 2.22 bits per heavy atom. The molecule has 0 aliphatic carbocycles. The molecular weight excluding hydrogens is 228 g/mol. The van der Waals surface area contributed by atoms with Gasteiger partial charge in [0, 0.05) is 19.1 Å². The molecule has 1 N–H and O–H groups in total. The summed E-state index contributed by atoms with van der Waals surface area (Å²) in [4.78, 5) is 13.7. The van der Waals surface area contributed by atoms with Crippen LogP contribution < -0.4 is 5.32 Å². The average Bonchev–Trinajstić information content (AvgIpc) is 2.27. The number of carbonyl (C=O) groups excluding carboxylic acids is 1. The lowest BCUT2D eigenvalue weighted by Crippen LogP contribution is -2.51. The van der Waals surface area contributed by atoms with Crippen LogP contribution in [0, 0.1) is 12.3 Å². The first-order valence-electron chi connectivity index (χ1n) is 6.52. The SMILES string of the molecule is C#CC(C)NC1CCCN(C(=O)OC(C)(C)C)C1. The van der Waals surface area contributed by atoms with E-state index in [4.69, 9.17) is 11.2 Å². The molecule has 0 aromatic carbocycles. The first kappa shape index (κ1) is 14.8. The zero-order chi connectivity index (χ0) is 13.8. The van der Waals surface area contributed by atoms with Crippen molar-refractivity contribution in [3.05, 3.63) is 0 Å². The van der Waals surface area contributed by atoms with Crippen molar-refractivity contribution < 1.29 is 9.53 Å². The highest BCUT2D eigenvalue weighted by Crippen LogP contribution is 2.15. The van der Waals surface area contributed by atoms with Crippen LogP contribution in [0.3, 0.4) is 0 Å². The summed E-state index contributed by atoms with van der Waals surface area (Å²) in [7, 11) is 0. The Hall–Kier alpha value is -1.21. The maximum Gasteiger partial charge on any atom is 0.410 e. The molecular formula is C14H24N2O2. The summed E-state index contributed by atoms with van der Waals surface area (Å²) < 4.78 is 5.38. The number of likely N-dealkylation sites (tertiary alicyclic amines) is 1. The number of hydrogen-bond donors (Lipinski definition) is 1. The molecule has 0 radical (unpaired) electrons. The zero-order valence-corrected chi connectivity index (χ0v) is 11.8. The fourth-order valence-electron chi connectivity index (χ4n) is 2.01. The monoisotopic (exact) mass is 252 g/mol. The molecule has 0 aromatic heterocycles. The summed E-state index contributed by atoms with van der Waals surface area (Å²) >= 11 is 0. The number of nitrogens with zero attached hydrogens (tertiary/aromatic N) is 1. The van der Waals surface area contributed by atoms with Crippen molar-refractivity contribution in [2.75, 3.05) is 13.1 Å². The van der Waals surface area contributed by atoms with Gasteiger partial charge in [-0.25, -0.2) is 4.79 Å². The third-order valence-corrected chi connectivity index (χ3v) is 2.81. The molecule has 4 nitrogen and oxygen atoms in total. The second-order valence-electron chi connectivity index (χ2n) is 5.82. The molecule has 1 aliphatic heterocycles. The van der Waals surface area contributed by atoms with E-state index in [1.165, 1.54) is 0 Å². The van der Waals surface area contributed by atoms with E-state index in [0.717, 1.165) is 19.4 Å². The van der Waals surface area contributed by atoms with E-state index < -0.39 is 5.60 Å². The Balaban J connectivity index is 2.48. The number of hydrogen-bond acceptors (Lipinski definition) is 3. The van der Waals surface area contributed by atoms with Crippen molar-refractivity contribution in [1.29, 1.82) is 0 Å². The summed E-state index contributed by atoms with van der Waals surface area (Å²) in [6, 6.07) is 0.297. The van der Waals surface area contributed by atoms with Gasteiger partial charge >= 0.3 is 6.09 Å². The molecule has 0 aromatic rings. The highest BCUT2D eigenvalue weighted by Gasteiger charge is 2.27. The van der Waals surface area contributed by atoms with E-state index in [0.29, 0.717) is 6.54 Å². The van der Waals surface area contributed by atoms with Gasteiger partial charge < -0.3 is 9.64 Å². The van der Waals surface area contributed by atoms with Gasteiger partial charge in [-0.05, 0) is 40.5 Å². The smallest absolute Gasteiger partial charge is 0.410 e. The standard InChI is InChI=1S/C14H24N2O2/c1-6-11(2)15-12-8-7-9-16(10-12)13(17)18-14(3,4)5/h1,11-12,15H,7-10H2,2-5H3. The molecule has 18 heavy (non-hydrogen) atoms. The molecule has 1 saturated heterocycles. The minimum absolute atomic E-state index is 0.0357. The Labute approximate surface area is 110 Å². The lowest BCUT2D eigenvalue weighted by atomic mass is 10.1. The molecule has 0 bridgehead atoms. The molecule has 1 rings (SSSR count). The number of nitrogens with one attached hydrogen (secondary N) is 1. The van der Waals surface area contributed by atoms with E-state index >= 15 is 0 Å². The van der Waals surface area contributed by atoms with Gasteiger partial charge in [0.25, 0.3) is 0 Å². The third kappa shape index (κ3) is 4.97.